The predicted octanol–water partition coefficient (Wildman–Crippen LogP) is 4.14. The number of rotatable bonds is 5. The van der Waals surface area contributed by atoms with E-state index in [1.807, 2.05) is 0 Å². The molecular weight excluding hydrogens is 388 g/mol. The van der Waals surface area contributed by atoms with Crippen LogP contribution in [0.1, 0.15) is 29.7 Å². The molecule has 3 rings (SSSR count). The molecule has 0 bridgehead atoms. The highest BCUT2D eigenvalue weighted by Gasteiger charge is 2.23. The molecule has 0 fully saturated rings. The minimum absolute atomic E-state index is 0.292. The number of aromatic nitrogens is 1. The zero-order valence-corrected chi connectivity index (χ0v) is 16.3. The maximum Gasteiger partial charge on any atom is 0.326 e. The summed E-state index contributed by atoms with van der Waals surface area (Å²) in [5.74, 6) is -0.932. The molecule has 1 aromatic heterocycles. The molecule has 0 radical (unpaired) electrons. The number of benzene rings is 2. The maximum absolute atomic E-state index is 12.7. The summed E-state index contributed by atoms with van der Waals surface area (Å²) in [6.45, 7) is 1.77. The van der Waals surface area contributed by atoms with Gasteiger partial charge in [-0.1, -0.05) is 42.0 Å². The van der Waals surface area contributed by atoms with Gasteiger partial charge in [0.15, 0.2) is 4.80 Å². The molecule has 6 nitrogen and oxygen atoms in total. The first-order valence-corrected chi connectivity index (χ1v) is 9.41. The third kappa shape index (κ3) is 3.74. The van der Waals surface area contributed by atoms with E-state index in [9.17, 15) is 14.7 Å². The number of methoxy groups -OCH3 is 1. The number of thiazole rings is 1. The number of carboxylic acids is 1. The van der Waals surface area contributed by atoms with Gasteiger partial charge in [-0.05, 0) is 36.8 Å². The molecule has 0 saturated carbocycles. The Bertz CT molecular complexity index is 1090. The largest absolute Gasteiger partial charge is 0.497 e. The number of carbonyl (C=O) groups is 2. The fraction of sp³-hybridized carbons (Fsp3) is 0.211. The molecule has 1 unspecified atom stereocenters. The smallest absolute Gasteiger partial charge is 0.326 e. The molecule has 0 aliphatic heterocycles. The van der Waals surface area contributed by atoms with Crippen LogP contribution in [0.2, 0.25) is 5.02 Å². The van der Waals surface area contributed by atoms with E-state index in [1.165, 1.54) is 18.4 Å². The van der Waals surface area contributed by atoms with E-state index in [2.05, 4.69) is 4.99 Å². The summed E-state index contributed by atoms with van der Waals surface area (Å²) >= 11 is 7.46. The Hall–Kier alpha value is -2.64. The Kier molecular flexibility index (Phi) is 5.62. The molecular formula is C19H17ClN2O4S. The van der Waals surface area contributed by atoms with Gasteiger partial charge in [0.25, 0.3) is 5.91 Å². The minimum Gasteiger partial charge on any atom is -0.497 e. The first kappa shape index (κ1) is 19.1. The molecule has 27 heavy (non-hydrogen) atoms. The van der Waals surface area contributed by atoms with Crippen molar-refractivity contribution in [2.24, 2.45) is 4.99 Å². The van der Waals surface area contributed by atoms with E-state index in [0.717, 1.165) is 0 Å². The maximum atomic E-state index is 12.7. The average molecular weight is 405 g/mol. The van der Waals surface area contributed by atoms with E-state index >= 15 is 0 Å². The van der Waals surface area contributed by atoms with Crippen molar-refractivity contribution < 1.29 is 19.4 Å². The first-order chi connectivity index (χ1) is 13.0. The van der Waals surface area contributed by atoms with Gasteiger partial charge >= 0.3 is 5.97 Å². The van der Waals surface area contributed by atoms with Crippen molar-refractivity contribution in [3.63, 3.8) is 0 Å². The number of nitrogens with zero attached hydrogens (tertiary/aromatic N) is 2. The number of carboxylic acid groups (broad SMARTS) is 1. The molecule has 0 spiro atoms. The van der Waals surface area contributed by atoms with Gasteiger partial charge in [-0.15, -0.1) is 0 Å². The Morgan fingerprint density at radius 1 is 1.30 bits per heavy atom. The fourth-order valence-electron chi connectivity index (χ4n) is 2.78. The topological polar surface area (TPSA) is 80.9 Å². The van der Waals surface area contributed by atoms with Crippen LogP contribution in [-0.4, -0.2) is 28.7 Å². The SMILES string of the molecule is CCC(C(=O)O)n1c(=NC(=O)c2cccc(OC)c2)sc2c(Cl)cccc21. The van der Waals surface area contributed by atoms with E-state index in [1.54, 1.807) is 54.0 Å². The van der Waals surface area contributed by atoms with Crippen LogP contribution in [-0.2, 0) is 4.79 Å². The van der Waals surface area contributed by atoms with Gasteiger partial charge in [-0.3, -0.25) is 4.79 Å². The lowest BCUT2D eigenvalue weighted by Crippen LogP contribution is -2.27. The molecule has 3 aromatic rings. The summed E-state index contributed by atoms with van der Waals surface area (Å²) in [7, 11) is 1.52. The predicted molar refractivity (Wildman–Crippen MR) is 105 cm³/mol. The second kappa shape index (κ2) is 7.94. The van der Waals surface area contributed by atoms with Crippen LogP contribution in [0.3, 0.4) is 0 Å². The highest BCUT2D eigenvalue weighted by atomic mass is 35.5. The second-order valence-electron chi connectivity index (χ2n) is 5.75. The number of aliphatic carboxylic acids is 1. The van der Waals surface area contributed by atoms with Crippen molar-refractivity contribution >= 4 is 45.0 Å². The van der Waals surface area contributed by atoms with Crippen molar-refractivity contribution in [3.05, 3.63) is 57.9 Å². The van der Waals surface area contributed by atoms with Crippen LogP contribution in [0.4, 0.5) is 0 Å². The van der Waals surface area contributed by atoms with Crippen molar-refractivity contribution in [1.82, 2.24) is 4.57 Å². The molecule has 0 saturated heterocycles. The number of carbonyl (C=O) groups excluding carboxylic acids is 1. The van der Waals surface area contributed by atoms with Crippen molar-refractivity contribution in [2.75, 3.05) is 7.11 Å². The van der Waals surface area contributed by atoms with Crippen molar-refractivity contribution in [1.29, 1.82) is 0 Å². The van der Waals surface area contributed by atoms with Gasteiger partial charge in [0.2, 0.25) is 0 Å². The Balaban J connectivity index is 2.23. The lowest BCUT2D eigenvalue weighted by atomic mass is 10.2. The molecule has 140 valence electrons. The van der Waals surface area contributed by atoms with Crippen LogP contribution in [0, 0.1) is 0 Å². The van der Waals surface area contributed by atoms with E-state index in [-0.39, 0.29) is 0 Å². The molecule has 1 N–H and O–H groups in total. The molecule has 1 atom stereocenters. The lowest BCUT2D eigenvalue weighted by molar-refractivity contribution is -0.140. The van der Waals surface area contributed by atoms with Crippen LogP contribution in [0.15, 0.2) is 47.5 Å². The molecule has 1 heterocycles. The molecule has 8 heteroatoms. The average Bonchev–Trinajstić information content (AvgIpc) is 3.01. The summed E-state index contributed by atoms with van der Waals surface area (Å²) in [4.78, 5) is 28.9. The number of fused-ring (bicyclic) bond motifs is 1. The molecule has 0 aliphatic rings. The number of halogens is 1. The van der Waals surface area contributed by atoms with Crippen LogP contribution < -0.4 is 9.54 Å². The van der Waals surface area contributed by atoms with Gasteiger partial charge in [0.1, 0.15) is 11.8 Å². The summed E-state index contributed by atoms with van der Waals surface area (Å²) in [5.41, 5.74) is 0.992. The van der Waals surface area contributed by atoms with E-state index < -0.39 is 17.9 Å². The highest BCUT2D eigenvalue weighted by molar-refractivity contribution is 7.17. The molecule has 0 aliphatic carbocycles. The molecule has 2 aromatic carbocycles. The molecule has 1 amide bonds. The Morgan fingerprint density at radius 3 is 2.70 bits per heavy atom. The van der Waals surface area contributed by atoms with Crippen LogP contribution >= 0.6 is 22.9 Å². The zero-order chi connectivity index (χ0) is 19.6. The quantitative estimate of drug-likeness (QED) is 0.692. The Morgan fingerprint density at radius 2 is 2.04 bits per heavy atom. The van der Waals surface area contributed by atoms with Crippen molar-refractivity contribution in [3.8, 4) is 5.75 Å². The number of hydrogen-bond acceptors (Lipinski definition) is 4. The summed E-state index contributed by atoms with van der Waals surface area (Å²) in [6.07, 6.45) is 0.341. The zero-order valence-electron chi connectivity index (χ0n) is 14.7. The van der Waals surface area contributed by atoms with Gasteiger partial charge in [0, 0.05) is 5.56 Å². The van der Waals surface area contributed by atoms with Crippen LogP contribution in [0.25, 0.3) is 10.2 Å². The van der Waals surface area contributed by atoms with Gasteiger partial charge in [0.05, 0.1) is 22.3 Å². The third-order valence-electron chi connectivity index (χ3n) is 4.10. The highest BCUT2D eigenvalue weighted by Crippen LogP contribution is 2.29. The standard InChI is InChI=1S/C19H17ClN2O4S/c1-3-14(18(24)25)22-15-9-5-8-13(20)16(15)27-19(22)21-17(23)11-6-4-7-12(10-11)26-2/h4-10,14H,3H2,1-2H3,(H,24,25). The lowest BCUT2D eigenvalue weighted by Gasteiger charge is -2.13. The normalized spacial score (nSPS) is 12.9. The van der Waals surface area contributed by atoms with Gasteiger partial charge in [-0.25, -0.2) is 4.79 Å². The van der Waals surface area contributed by atoms with E-state index in [0.29, 0.717) is 37.8 Å². The van der Waals surface area contributed by atoms with Crippen molar-refractivity contribution in [2.45, 2.75) is 19.4 Å². The van der Waals surface area contributed by atoms with E-state index in [4.69, 9.17) is 16.3 Å². The summed E-state index contributed by atoms with van der Waals surface area (Å²) in [5, 5.41) is 10.1. The minimum atomic E-state index is -0.993. The second-order valence-corrected chi connectivity index (χ2v) is 7.14. The Labute approximate surface area is 164 Å². The number of ether oxygens (including phenoxy) is 1. The summed E-state index contributed by atoms with van der Waals surface area (Å²) < 4.78 is 7.39. The number of amides is 1. The third-order valence-corrected chi connectivity index (χ3v) is 5.63. The van der Waals surface area contributed by atoms with Gasteiger partial charge < -0.3 is 14.4 Å². The number of hydrogen-bond donors (Lipinski definition) is 1. The fourth-order valence-corrected chi connectivity index (χ4v) is 4.14. The van der Waals surface area contributed by atoms with Crippen LogP contribution in [0.5, 0.6) is 5.75 Å². The van der Waals surface area contributed by atoms with Gasteiger partial charge in [-0.2, -0.15) is 4.99 Å². The monoisotopic (exact) mass is 404 g/mol. The first-order valence-electron chi connectivity index (χ1n) is 8.21. The summed E-state index contributed by atoms with van der Waals surface area (Å²) in [6, 6.07) is 11.0.